The molecule has 0 aliphatic carbocycles. The van der Waals surface area contributed by atoms with Crippen LogP contribution >= 0.6 is 0 Å². The summed E-state index contributed by atoms with van der Waals surface area (Å²) < 4.78 is 29.4. The molecule has 1 heterocycles. The monoisotopic (exact) mass is 311 g/mol. The fourth-order valence-corrected chi connectivity index (χ4v) is 2.68. The molecule has 3 N–H and O–H groups in total. The molecule has 2 rings (SSSR count). The first-order chi connectivity index (χ1) is 9.78. The SMILES string of the molecule is CC(C)CNC(=O)CS(=O)(=O)c1nc2cc(N)ccc2o1. The van der Waals surface area contributed by atoms with Gasteiger partial charge in [0.2, 0.25) is 15.7 Å². The zero-order chi connectivity index (χ0) is 15.6. The summed E-state index contributed by atoms with van der Waals surface area (Å²) in [4.78, 5) is 15.5. The number of anilines is 1. The van der Waals surface area contributed by atoms with Crippen LogP contribution in [0.5, 0.6) is 0 Å². The minimum absolute atomic E-state index is 0.240. The molecule has 0 aliphatic rings. The van der Waals surface area contributed by atoms with E-state index in [2.05, 4.69) is 10.3 Å². The lowest BCUT2D eigenvalue weighted by Gasteiger charge is -2.06. The molecule has 8 heteroatoms. The van der Waals surface area contributed by atoms with Crippen molar-refractivity contribution < 1.29 is 17.6 Å². The highest BCUT2D eigenvalue weighted by atomic mass is 32.2. The fourth-order valence-electron chi connectivity index (χ4n) is 1.66. The molecule has 2 aromatic rings. The number of hydrogen-bond donors (Lipinski definition) is 2. The molecule has 0 atom stereocenters. The van der Waals surface area contributed by atoms with Crippen LogP contribution in [0.1, 0.15) is 13.8 Å². The average Bonchev–Trinajstić information content (AvgIpc) is 2.79. The van der Waals surface area contributed by atoms with E-state index >= 15 is 0 Å². The first-order valence-corrected chi connectivity index (χ1v) is 8.08. The van der Waals surface area contributed by atoms with Crippen LogP contribution in [0.25, 0.3) is 11.1 Å². The summed E-state index contributed by atoms with van der Waals surface area (Å²) in [7, 11) is -3.91. The number of nitrogens with two attached hydrogens (primary N) is 1. The van der Waals surface area contributed by atoms with Crippen molar-refractivity contribution in [2.45, 2.75) is 19.1 Å². The molecular weight excluding hydrogens is 294 g/mol. The lowest BCUT2D eigenvalue weighted by atomic mass is 10.2. The second-order valence-corrected chi connectivity index (χ2v) is 7.03. The molecule has 0 saturated carbocycles. The molecule has 7 nitrogen and oxygen atoms in total. The van der Waals surface area contributed by atoms with E-state index in [0.717, 1.165) is 0 Å². The van der Waals surface area contributed by atoms with Crippen LogP contribution in [0.15, 0.2) is 27.8 Å². The van der Waals surface area contributed by atoms with Crippen molar-refractivity contribution in [2.75, 3.05) is 18.0 Å². The van der Waals surface area contributed by atoms with Crippen molar-refractivity contribution in [2.24, 2.45) is 5.92 Å². The molecule has 21 heavy (non-hydrogen) atoms. The third-order valence-electron chi connectivity index (χ3n) is 2.69. The number of nitrogen functional groups attached to an aromatic ring is 1. The number of rotatable bonds is 5. The lowest BCUT2D eigenvalue weighted by Crippen LogP contribution is -2.32. The molecule has 0 radical (unpaired) electrons. The number of nitrogens with zero attached hydrogens (tertiary/aromatic N) is 1. The van der Waals surface area contributed by atoms with E-state index in [-0.39, 0.29) is 5.92 Å². The van der Waals surface area contributed by atoms with Crippen molar-refractivity contribution >= 4 is 32.5 Å². The molecule has 0 spiro atoms. The molecule has 1 amide bonds. The van der Waals surface area contributed by atoms with Gasteiger partial charge in [0.25, 0.3) is 0 Å². The van der Waals surface area contributed by atoms with Crippen molar-refractivity contribution in [3.8, 4) is 0 Å². The first-order valence-electron chi connectivity index (χ1n) is 6.43. The normalized spacial score (nSPS) is 12.0. The van der Waals surface area contributed by atoms with Crippen molar-refractivity contribution in [3.05, 3.63) is 18.2 Å². The van der Waals surface area contributed by atoms with E-state index in [0.29, 0.717) is 23.3 Å². The van der Waals surface area contributed by atoms with Gasteiger partial charge in [0.1, 0.15) is 11.3 Å². The molecule has 114 valence electrons. The predicted molar refractivity (Wildman–Crippen MR) is 78.3 cm³/mol. The molecule has 0 aliphatic heterocycles. The van der Waals surface area contributed by atoms with Gasteiger partial charge in [-0.3, -0.25) is 4.79 Å². The van der Waals surface area contributed by atoms with E-state index in [4.69, 9.17) is 10.2 Å². The van der Waals surface area contributed by atoms with Gasteiger partial charge in [-0.1, -0.05) is 13.8 Å². The van der Waals surface area contributed by atoms with Gasteiger partial charge in [0.15, 0.2) is 5.58 Å². The Hall–Kier alpha value is -2.09. The Bertz CT molecular complexity index is 765. The van der Waals surface area contributed by atoms with E-state index in [9.17, 15) is 13.2 Å². The Kier molecular flexibility index (Phi) is 4.17. The Morgan fingerprint density at radius 1 is 1.43 bits per heavy atom. The zero-order valence-corrected chi connectivity index (χ0v) is 12.6. The van der Waals surface area contributed by atoms with Crippen LogP contribution in [-0.2, 0) is 14.6 Å². The van der Waals surface area contributed by atoms with Gasteiger partial charge in [-0.25, -0.2) is 8.42 Å². The molecule has 0 bridgehead atoms. The van der Waals surface area contributed by atoms with Crippen LogP contribution in [0, 0.1) is 5.92 Å². The maximum atomic E-state index is 12.1. The van der Waals surface area contributed by atoms with Crippen LogP contribution in [-0.4, -0.2) is 31.6 Å². The molecule has 0 saturated heterocycles. The van der Waals surface area contributed by atoms with Gasteiger partial charge in [-0.2, -0.15) is 4.98 Å². The Labute approximate surface area is 122 Å². The third kappa shape index (κ3) is 3.72. The summed E-state index contributed by atoms with van der Waals surface area (Å²) in [5.74, 6) is -1.03. The van der Waals surface area contributed by atoms with Crippen LogP contribution in [0.4, 0.5) is 5.69 Å². The number of aromatic nitrogens is 1. The Balaban J connectivity index is 2.19. The summed E-state index contributed by atoms with van der Waals surface area (Å²) in [6.07, 6.45) is 0. The molecular formula is C13H17N3O4S. The van der Waals surface area contributed by atoms with Crippen molar-refractivity contribution in [1.82, 2.24) is 10.3 Å². The molecule has 0 fully saturated rings. The van der Waals surface area contributed by atoms with Gasteiger partial charge < -0.3 is 15.5 Å². The highest BCUT2D eigenvalue weighted by molar-refractivity contribution is 7.91. The zero-order valence-electron chi connectivity index (χ0n) is 11.8. The maximum Gasteiger partial charge on any atom is 0.316 e. The first kappa shape index (κ1) is 15.3. The molecule has 1 aromatic heterocycles. The van der Waals surface area contributed by atoms with Crippen molar-refractivity contribution in [3.63, 3.8) is 0 Å². The van der Waals surface area contributed by atoms with Gasteiger partial charge >= 0.3 is 5.22 Å². The summed E-state index contributed by atoms with van der Waals surface area (Å²) in [6.45, 7) is 4.25. The quantitative estimate of drug-likeness (QED) is 0.794. The Morgan fingerprint density at radius 3 is 2.81 bits per heavy atom. The number of hydrogen-bond acceptors (Lipinski definition) is 6. The number of benzene rings is 1. The van der Waals surface area contributed by atoms with E-state index in [1.807, 2.05) is 13.8 Å². The largest absolute Gasteiger partial charge is 0.428 e. The minimum Gasteiger partial charge on any atom is -0.428 e. The summed E-state index contributed by atoms with van der Waals surface area (Å²) >= 11 is 0. The van der Waals surface area contributed by atoms with Crippen LogP contribution in [0.3, 0.4) is 0 Å². The standard InChI is InChI=1S/C13H17N3O4S/c1-8(2)6-15-12(17)7-21(18,19)13-16-10-5-9(14)3-4-11(10)20-13/h3-5,8H,6-7,14H2,1-2H3,(H,15,17). The second-order valence-electron chi connectivity index (χ2n) is 5.16. The summed E-state index contributed by atoms with van der Waals surface area (Å²) in [5, 5.41) is 2.07. The smallest absolute Gasteiger partial charge is 0.316 e. The van der Waals surface area contributed by atoms with E-state index in [1.165, 1.54) is 12.1 Å². The third-order valence-corrected chi connectivity index (χ3v) is 4.04. The highest BCUT2D eigenvalue weighted by Crippen LogP contribution is 2.21. The predicted octanol–water partition coefficient (Wildman–Crippen LogP) is 0.956. The number of carbonyl (C=O) groups excluding carboxylic acids is 1. The summed E-state index contributed by atoms with van der Waals surface area (Å²) in [5.41, 5.74) is 6.70. The molecule has 0 unspecified atom stereocenters. The number of fused-ring (bicyclic) bond motifs is 1. The topological polar surface area (TPSA) is 115 Å². The van der Waals surface area contributed by atoms with Crippen LogP contribution in [0.2, 0.25) is 0 Å². The highest BCUT2D eigenvalue weighted by Gasteiger charge is 2.25. The van der Waals surface area contributed by atoms with Gasteiger partial charge in [-0.05, 0) is 24.1 Å². The Morgan fingerprint density at radius 2 is 2.14 bits per heavy atom. The number of nitrogens with one attached hydrogen (secondary N) is 1. The number of carbonyl (C=O) groups is 1. The van der Waals surface area contributed by atoms with E-state index < -0.39 is 26.7 Å². The fraction of sp³-hybridized carbons (Fsp3) is 0.385. The minimum atomic E-state index is -3.91. The van der Waals surface area contributed by atoms with Crippen LogP contribution < -0.4 is 11.1 Å². The van der Waals surface area contributed by atoms with Gasteiger partial charge in [0, 0.05) is 12.2 Å². The van der Waals surface area contributed by atoms with Gasteiger partial charge in [0.05, 0.1) is 0 Å². The number of amides is 1. The second kappa shape index (κ2) is 5.72. The van der Waals surface area contributed by atoms with Gasteiger partial charge in [-0.15, -0.1) is 0 Å². The molecule has 1 aromatic carbocycles. The maximum absolute atomic E-state index is 12.1. The summed E-state index contributed by atoms with van der Waals surface area (Å²) in [6, 6.07) is 4.63. The van der Waals surface area contributed by atoms with Crippen molar-refractivity contribution in [1.29, 1.82) is 0 Å². The van der Waals surface area contributed by atoms with E-state index in [1.54, 1.807) is 6.07 Å². The average molecular weight is 311 g/mol. The number of oxazole rings is 1. The lowest BCUT2D eigenvalue weighted by molar-refractivity contribution is -0.118. The number of sulfone groups is 1.